The van der Waals surface area contributed by atoms with Crippen LogP contribution in [0.1, 0.15) is 46.5 Å². The molecule has 0 aromatic carbocycles. The van der Waals surface area contributed by atoms with Crippen molar-refractivity contribution >= 4 is 5.78 Å². The predicted octanol–water partition coefficient (Wildman–Crippen LogP) is 3.35. The zero-order valence-electron chi connectivity index (χ0n) is 8.97. The molecule has 13 heavy (non-hydrogen) atoms. The molecule has 1 aliphatic carbocycles. The molecule has 0 aromatic heterocycles. The third kappa shape index (κ3) is 2.98. The summed E-state index contributed by atoms with van der Waals surface area (Å²) in [5.41, 5.74) is 1.39. The lowest BCUT2D eigenvalue weighted by molar-refractivity contribution is -0.120. The Bertz CT molecular complexity index is 211. The van der Waals surface area contributed by atoms with Crippen molar-refractivity contribution < 1.29 is 4.79 Å². The van der Waals surface area contributed by atoms with Gasteiger partial charge in [-0.05, 0) is 39.0 Å². The van der Waals surface area contributed by atoms with E-state index in [4.69, 9.17) is 0 Å². The maximum atomic E-state index is 11.3. The van der Waals surface area contributed by atoms with Gasteiger partial charge in [-0.1, -0.05) is 18.6 Å². The lowest BCUT2D eigenvalue weighted by atomic mass is 9.92. The first-order valence-corrected chi connectivity index (χ1v) is 5.27. The van der Waals surface area contributed by atoms with E-state index in [-0.39, 0.29) is 0 Å². The molecular weight excluding hydrogens is 160 g/mol. The van der Waals surface area contributed by atoms with Crippen molar-refractivity contribution in [2.75, 3.05) is 0 Å². The van der Waals surface area contributed by atoms with Crippen molar-refractivity contribution in [3.8, 4) is 0 Å². The molecule has 0 amide bonds. The molecule has 1 saturated carbocycles. The summed E-state index contributed by atoms with van der Waals surface area (Å²) >= 11 is 0. The van der Waals surface area contributed by atoms with Gasteiger partial charge in [0.2, 0.25) is 0 Å². The van der Waals surface area contributed by atoms with Crippen LogP contribution in [0.2, 0.25) is 0 Å². The highest BCUT2D eigenvalue weighted by atomic mass is 16.1. The van der Waals surface area contributed by atoms with E-state index in [1.807, 2.05) is 0 Å². The second-order valence-electron chi connectivity index (χ2n) is 4.41. The number of carbonyl (C=O) groups excluding carboxylic acids is 1. The molecule has 0 aromatic rings. The van der Waals surface area contributed by atoms with Crippen molar-refractivity contribution in [3.63, 3.8) is 0 Å². The number of ketones is 1. The van der Waals surface area contributed by atoms with Gasteiger partial charge in [0, 0.05) is 12.3 Å². The summed E-state index contributed by atoms with van der Waals surface area (Å²) in [6.45, 7) is 6.34. The number of hydrogen-bond donors (Lipinski definition) is 0. The lowest BCUT2D eigenvalue weighted by Crippen LogP contribution is -2.09. The SMILES string of the molecule is CC(C)=CCC[C@@H]1CCC(=O)[C@H]1C. The van der Waals surface area contributed by atoms with E-state index in [1.54, 1.807) is 0 Å². The highest BCUT2D eigenvalue weighted by Crippen LogP contribution is 2.31. The molecular formula is C12H20O. The Balaban J connectivity index is 2.30. The Hall–Kier alpha value is -0.590. The average Bonchev–Trinajstić information content (AvgIpc) is 2.35. The highest BCUT2D eigenvalue weighted by Gasteiger charge is 2.29. The van der Waals surface area contributed by atoms with E-state index < -0.39 is 0 Å². The predicted molar refractivity (Wildman–Crippen MR) is 55.6 cm³/mol. The van der Waals surface area contributed by atoms with Gasteiger partial charge in [0.05, 0.1) is 0 Å². The largest absolute Gasteiger partial charge is 0.299 e. The molecule has 0 unspecified atom stereocenters. The second-order valence-corrected chi connectivity index (χ2v) is 4.41. The molecule has 0 bridgehead atoms. The van der Waals surface area contributed by atoms with E-state index in [0.29, 0.717) is 17.6 Å². The third-order valence-corrected chi connectivity index (χ3v) is 3.07. The molecule has 0 N–H and O–H groups in total. The Morgan fingerprint density at radius 2 is 2.23 bits per heavy atom. The molecule has 1 nitrogen and oxygen atoms in total. The maximum Gasteiger partial charge on any atom is 0.135 e. The molecule has 1 aliphatic rings. The van der Waals surface area contributed by atoms with Crippen LogP contribution < -0.4 is 0 Å². The Morgan fingerprint density at radius 1 is 1.54 bits per heavy atom. The fraction of sp³-hybridized carbons (Fsp3) is 0.750. The van der Waals surface area contributed by atoms with Crippen molar-refractivity contribution in [2.24, 2.45) is 11.8 Å². The van der Waals surface area contributed by atoms with Gasteiger partial charge >= 0.3 is 0 Å². The highest BCUT2D eigenvalue weighted by molar-refractivity contribution is 5.82. The molecule has 1 fully saturated rings. The standard InChI is InChI=1S/C12H20O/c1-9(2)5-4-6-11-7-8-12(13)10(11)3/h5,10-11H,4,6-8H2,1-3H3/t10-,11+/m0/s1. The average molecular weight is 180 g/mol. The maximum absolute atomic E-state index is 11.3. The van der Waals surface area contributed by atoms with Gasteiger partial charge in [0.15, 0.2) is 0 Å². The molecule has 0 saturated heterocycles. The number of Topliss-reactive ketones (excluding diaryl/α,β-unsaturated/α-hetero) is 1. The minimum atomic E-state index is 0.325. The summed E-state index contributed by atoms with van der Waals surface area (Å²) < 4.78 is 0. The minimum Gasteiger partial charge on any atom is -0.299 e. The van der Waals surface area contributed by atoms with E-state index in [2.05, 4.69) is 26.8 Å². The zero-order chi connectivity index (χ0) is 9.84. The van der Waals surface area contributed by atoms with Crippen LogP contribution in [0, 0.1) is 11.8 Å². The monoisotopic (exact) mass is 180 g/mol. The molecule has 0 heterocycles. The number of allylic oxidation sites excluding steroid dienone is 2. The topological polar surface area (TPSA) is 17.1 Å². The van der Waals surface area contributed by atoms with Crippen LogP contribution in [0.15, 0.2) is 11.6 Å². The van der Waals surface area contributed by atoms with Crippen molar-refractivity contribution in [1.82, 2.24) is 0 Å². The molecule has 74 valence electrons. The summed E-state index contributed by atoms with van der Waals surface area (Å²) in [5, 5.41) is 0. The summed E-state index contributed by atoms with van der Waals surface area (Å²) in [5.74, 6) is 1.45. The first-order chi connectivity index (χ1) is 6.11. The summed E-state index contributed by atoms with van der Waals surface area (Å²) in [6.07, 6.45) is 6.55. The zero-order valence-corrected chi connectivity index (χ0v) is 8.97. The quantitative estimate of drug-likeness (QED) is 0.609. The van der Waals surface area contributed by atoms with Crippen LogP contribution in [0.25, 0.3) is 0 Å². The first kappa shape index (κ1) is 10.5. The van der Waals surface area contributed by atoms with Crippen LogP contribution in [0.5, 0.6) is 0 Å². The van der Waals surface area contributed by atoms with Crippen molar-refractivity contribution in [2.45, 2.75) is 46.5 Å². The van der Waals surface area contributed by atoms with Gasteiger partial charge in [0.25, 0.3) is 0 Å². The van der Waals surface area contributed by atoms with Gasteiger partial charge in [-0.15, -0.1) is 0 Å². The number of carbonyl (C=O) groups is 1. The molecule has 1 heteroatoms. The smallest absolute Gasteiger partial charge is 0.135 e. The third-order valence-electron chi connectivity index (χ3n) is 3.07. The lowest BCUT2D eigenvalue weighted by Gasteiger charge is -2.12. The van der Waals surface area contributed by atoms with Crippen molar-refractivity contribution in [3.05, 3.63) is 11.6 Å². The Labute approximate surface area is 81.2 Å². The van der Waals surface area contributed by atoms with Crippen LogP contribution in [-0.2, 0) is 4.79 Å². The van der Waals surface area contributed by atoms with Gasteiger partial charge in [-0.2, -0.15) is 0 Å². The fourth-order valence-electron chi connectivity index (χ4n) is 2.05. The first-order valence-electron chi connectivity index (χ1n) is 5.27. The molecule has 0 spiro atoms. The van der Waals surface area contributed by atoms with E-state index >= 15 is 0 Å². The normalized spacial score (nSPS) is 27.8. The van der Waals surface area contributed by atoms with Crippen LogP contribution in [0.3, 0.4) is 0 Å². The fourth-order valence-corrected chi connectivity index (χ4v) is 2.05. The van der Waals surface area contributed by atoms with E-state index in [9.17, 15) is 4.79 Å². The summed E-state index contributed by atoms with van der Waals surface area (Å²) in [7, 11) is 0. The van der Waals surface area contributed by atoms with Crippen LogP contribution >= 0.6 is 0 Å². The van der Waals surface area contributed by atoms with Crippen LogP contribution in [0.4, 0.5) is 0 Å². The van der Waals surface area contributed by atoms with Crippen LogP contribution in [-0.4, -0.2) is 5.78 Å². The van der Waals surface area contributed by atoms with Gasteiger partial charge in [-0.3, -0.25) is 4.79 Å². The van der Waals surface area contributed by atoms with Gasteiger partial charge < -0.3 is 0 Å². The summed E-state index contributed by atoms with van der Waals surface area (Å²) in [6, 6.07) is 0. The van der Waals surface area contributed by atoms with Crippen molar-refractivity contribution in [1.29, 1.82) is 0 Å². The van der Waals surface area contributed by atoms with Gasteiger partial charge in [-0.25, -0.2) is 0 Å². The summed E-state index contributed by atoms with van der Waals surface area (Å²) in [4.78, 5) is 11.3. The second kappa shape index (κ2) is 4.59. The molecule has 2 atom stereocenters. The Morgan fingerprint density at radius 3 is 2.69 bits per heavy atom. The van der Waals surface area contributed by atoms with Gasteiger partial charge in [0.1, 0.15) is 5.78 Å². The number of rotatable bonds is 3. The Kier molecular flexibility index (Phi) is 3.71. The van der Waals surface area contributed by atoms with E-state index in [0.717, 1.165) is 19.3 Å². The molecule has 0 aliphatic heterocycles. The molecule has 0 radical (unpaired) electrons. The van der Waals surface area contributed by atoms with E-state index in [1.165, 1.54) is 12.0 Å². The minimum absolute atomic E-state index is 0.325. The number of hydrogen-bond acceptors (Lipinski definition) is 1. The molecule has 1 rings (SSSR count).